The van der Waals surface area contributed by atoms with Gasteiger partial charge in [0.15, 0.2) is 5.78 Å². The maximum Gasteiger partial charge on any atom is 0.165 e. The molecule has 1 N–H and O–H groups in total. The van der Waals surface area contributed by atoms with Crippen LogP contribution in [0.4, 0.5) is 0 Å². The molecule has 100 valence electrons. The highest BCUT2D eigenvalue weighted by Crippen LogP contribution is 2.16. The summed E-state index contributed by atoms with van der Waals surface area (Å²) in [7, 11) is 0. The average Bonchev–Trinajstić information content (AvgIpc) is 2.36. The van der Waals surface area contributed by atoms with Crippen molar-refractivity contribution >= 4 is 17.4 Å². The third-order valence-electron chi connectivity index (χ3n) is 2.79. The van der Waals surface area contributed by atoms with E-state index in [1.54, 1.807) is 12.1 Å². The Labute approximate surface area is 113 Å². The first-order chi connectivity index (χ1) is 8.69. The molecule has 0 bridgehead atoms. The van der Waals surface area contributed by atoms with E-state index in [9.17, 15) is 4.79 Å². The van der Waals surface area contributed by atoms with E-state index in [4.69, 9.17) is 16.7 Å². The molecule has 18 heavy (non-hydrogen) atoms. The molecule has 0 radical (unpaired) electrons. The van der Waals surface area contributed by atoms with Gasteiger partial charge in [-0.3, -0.25) is 4.79 Å². The number of aliphatic hydroxyl groups is 1. The fourth-order valence-electron chi connectivity index (χ4n) is 1.87. The Morgan fingerprint density at radius 3 is 2.61 bits per heavy atom. The summed E-state index contributed by atoms with van der Waals surface area (Å²) in [5.74, 6) is 0.0552. The van der Waals surface area contributed by atoms with Gasteiger partial charge in [0.05, 0.1) is 11.6 Å². The zero-order valence-electron chi connectivity index (χ0n) is 10.7. The zero-order valence-corrected chi connectivity index (χ0v) is 11.5. The van der Waals surface area contributed by atoms with Crippen LogP contribution in [0.15, 0.2) is 24.3 Å². The van der Waals surface area contributed by atoms with Gasteiger partial charge < -0.3 is 10.0 Å². The van der Waals surface area contributed by atoms with Gasteiger partial charge in [0, 0.05) is 25.1 Å². The minimum atomic E-state index is 0.0552. The van der Waals surface area contributed by atoms with Crippen LogP contribution in [0.3, 0.4) is 0 Å². The number of aliphatic hydroxyl groups excluding tert-OH is 1. The standard InChI is InChI=1S/C14H20ClNO2/c1-2-8-16(10-11-17)9-7-14(18)12-5-3-4-6-13(12)15/h3-6,17H,2,7-11H2,1H3. The summed E-state index contributed by atoms with van der Waals surface area (Å²) in [6, 6.07) is 7.11. The van der Waals surface area contributed by atoms with E-state index in [0.29, 0.717) is 30.1 Å². The molecule has 0 saturated carbocycles. The lowest BCUT2D eigenvalue weighted by atomic mass is 10.1. The minimum Gasteiger partial charge on any atom is -0.395 e. The molecule has 0 unspecified atom stereocenters. The second-order valence-electron chi connectivity index (χ2n) is 4.22. The summed E-state index contributed by atoms with van der Waals surface area (Å²) in [5, 5.41) is 9.45. The lowest BCUT2D eigenvalue weighted by Gasteiger charge is -2.19. The Morgan fingerprint density at radius 1 is 1.28 bits per heavy atom. The van der Waals surface area contributed by atoms with Gasteiger partial charge in [0.1, 0.15) is 0 Å². The molecular formula is C14H20ClNO2. The van der Waals surface area contributed by atoms with Crippen LogP contribution in [0, 0.1) is 0 Å². The Hall–Kier alpha value is -0.900. The van der Waals surface area contributed by atoms with E-state index in [1.807, 2.05) is 12.1 Å². The summed E-state index contributed by atoms with van der Waals surface area (Å²) in [5.41, 5.74) is 0.583. The highest BCUT2D eigenvalue weighted by molar-refractivity contribution is 6.33. The lowest BCUT2D eigenvalue weighted by Crippen LogP contribution is -2.30. The van der Waals surface area contributed by atoms with Crippen LogP contribution in [0.1, 0.15) is 30.1 Å². The number of nitrogens with zero attached hydrogens (tertiary/aromatic N) is 1. The number of hydrogen-bond donors (Lipinski definition) is 1. The third-order valence-corrected chi connectivity index (χ3v) is 3.12. The van der Waals surface area contributed by atoms with E-state index in [-0.39, 0.29) is 12.4 Å². The maximum absolute atomic E-state index is 12.0. The number of ketones is 1. The molecule has 1 rings (SSSR count). The van der Waals surface area contributed by atoms with Crippen molar-refractivity contribution in [2.45, 2.75) is 19.8 Å². The topological polar surface area (TPSA) is 40.5 Å². The van der Waals surface area contributed by atoms with Gasteiger partial charge in [-0.2, -0.15) is 0 Å². The molecule has 0 heterocycles. The Kier molecular flexibility index (Phi) is 6.94. The summed E-state index contributed by atoms with van der Waals surface area (Å²) >= 11 is 5.98. The highest BCUT2D eigenvalue weighted by atomic mass is 35.5. The minimum absolute atomic E-state index is 0.0552. The van der Waals surface area contributed by atoms with Crippen LogP contribution in [-0.4, -0.2) is 42.0 Å². The fraction of sp³-hybridized carbons (Fsp3) is 0.500. The van der Waals surface area contributed by atoms with Gasteiger partial charge in [-0.05, 0) is 25.1 Å². The van der Waals surface area contributed by atoms with Crippen molar-refractivity contribution in [3.63, 3.8) is 0 Å². The summed E-state index contributed by atoms with van der Waals surface area (Å²) in [4.78, 5) is 14.1. The Morgan fingerprint density at radius 2 is 2.00 bits per heavy atom. The quantitative estimate of drug-likeness (QED) is 0.738. The van der Waals surface area contributed by atoms with Gasteiger partial charge in [0.2, 0.25) is 0 Å². The van der Waals surface area contributed by atoms with Crippen molar-refractivity contribution in [1.82, 2.24) is 4.90 Å². The first-order valence-corrected chi connectivity index (χ1v) is 6.67. The molecule has 4 heteroatoms. The van der Waals surface area contributed by atoms with Crippen LogP contribution in [0.2, 0.25) is 5.02 Å². The van der Waals surface area contributed by atoms with E-state index < -0.39 is 0 Å². The van der Waals surface area contributed by atoms with Crippen molar-refractivity contribution < 1.29 is 9.90 Å². The van der Waals surface area contributed by atoms with Crippen molar-refractivity contribution in [3.05, 3.63) is 34.9 Å². The van der Waals surface area contributed by atoms with Crippen molar-refractivity contribution in [2.75, 3.05) is 26.2 Å². The fourth-order valence-corrected chi connectivity index (χ4v) is 2.12. The molecule has 0 aliphatic carbocycles. The van der Waals surface area contributed by atoms with Crippen LogP contribution in [-0.2, 0) is 0 Å². The van der Waals surface area contributed by atoms with E-state index in [1.165, 1.54) is 0 Å². The highest BCUT2D eigenvalue weighted by Gasteiger charge is 2.11. The average molecular weight is 270 g/mol. The molecule has 0 aromatic heterocycles. The van der Waals surface area contributed by atoms with E-state index in [2.05, 4.69) is 11.8 Å². The molecule has 1 aromatic carbocycles. The monoisotopic (exact) mass is 269 g/mol. The number of Topliss-reactive ketones (excluding diaryl/α,β-unsaturated/α-hetero) is 1. The normalized spacial score (nSPS) is 10.9. The number of benzene rings is 1. The third kappa shape index (κ3) is 4.77. The first-order valence-electron chi connectivity index (χ1n) is 6.30. The molecule has 0 fully saturated rings. The Balaban J connectivity index is 2.52. The molecule has 0 aliphatic rings. The number of hydrogen-bond acceptors (Lipinski definition) is 3. The van der Waals surface area contributed by atoms with Crippen molar-refractivity contribution in [1.29, 1.82) is 0 Å². The van der Waals surface area contributed by atoms with Gasteiger partial charge >= 0.3 is 0 Å². The molecule has 0 aliphatic heterocycles. The summed E-state index contributed by atoms with van der Waals surface area (Å²) < 4.78 is 0. The van der Waals surface area contributed by atoms with Crippen molar-refractivity contribution in [3.8, 4) is 0 Å². The summed E-state index contributed by atoms with van der Waals surface area (Å²) in [6.45, 7) is 4.39. The molecule has 0 saturated heterocycles. The molecular weight excluding hydrogens is 250 g/mol. The molecule has 0 atom stereocenters. The predicted octanol–water partition coefficient (Wildman–Crippen LogP) is 2.62. The smallest absolute Gasteiger partial charge is 0.165 e. The van der Waals surface area contributed by atoms with Crippen LogP contribution in [0.5, 0.6) is 0 Å². The van der Waals surface area contributed by atoms with Gasteiger partial charge in [-0.1, -0.05) is 30.7 Å². The first kappa shape index (κ1) is 15.2. The van der Waals surface area contributed by atoms with Crippen molar-refractivity contribution in [2.24, 2.45) is 0 Å². The number of halogens is 1. The molecule has 0 spiro atoms. The van der Waals surface area contributed by atoms with Gasteiger partial charge in [-0.25, -0.2) is 0 Å². The molecule has 1 aromatic rings. The van der Waals surface area contributed by atoms with Crippen LogP contribution >= 0.6 is 11.6 Å². The Bertz CT molecular complexity index is 376. The van der Waals surface area contributed by atoms with Gasteiger partial charge in [-0.15, -0.1) is 0 Å². The van der Waals surface area contributed by atoms with E-state index in [0.717, 1.165) is 13.0 Å². The number of rotatable bonds is 8. The second-order valence-corrected chi connectivity index (χ2v) is 4.63. The lowest BCUT2D eigenvalue weighted by molar-refractivity contribution is 0.0957. The predicted molar refractivity (Wildman–Crippen MR) is 74.2 cm³/mol. The number of carbonyl (C=O) groups excluding carboxylic acids is 1. The van der Waals surface area contributed by atoms with Crippen LogP contribution in [0.25, 0.3) is 0 Å². The summed E-state index contributed by atoms with van der Waals surface area (Å²) in [6.07, 6.45) is 1.45. The second kappa shape index (κ2) is 8.25. The largest absolute Gasteiger partial charge is 0.395 e. The maximum atomic E-state index is 12.0. The zero-order chi connectivity index (χ0) is 13.4. The van der Waals surface area contributed by atoms with E-state index >= 15 is 0 Å². The molecule has 3 nitrogen and oxygen atoms in total. The SMILES string of the molecule is CCCN(CCO)CCC(=O)c1ccccc1Cl. The number of carbonyl (C=O) groups is 1. The van der Waals surface area contributed by atoms with Crippen LogP contribution < -0.4 is 0 Å². The van der Waals surface area contributed by atoms with Gasteiger partial charge in [0.25, 0.3) is 0 Å². The molecule has 0 amide bonds.